The van der Waals surface area contributed by atoms with Crippen LogP contribution in [0.1, 0.15) is 11.1 Å². The fourth-order valence-electron chi connectivity index (χ4n) is 2.44. The van der Waals surface area contributed by atoms with E-state index in [1.807, 2.05) is 60.7 Å². The van der Waals surface area contributed by atoms with Gasteiger partial charge in [-0.1, -0.05) is 48.6 Å². The zero-order valence-electron chi connectivity index (χ0n) is 13.6. The molecule has 3 rings (SSSR count). The molecule has 126 valence electrons. The average molecular weight is 326 g/mol. The third-order valence-corrected chi connectivity index (χ3v) is 3.65. The quantitative estimate of drug-likeness (QED) is 0.691. The lowest BCUT2D eigenvalue weighted by molar-refractivity contribution is 0.133. The minimum atomic E-state index is 0.478. The van der Waals surface area contributed by atoms with Gasteiger partial charge in [0.1, 0.15) is 24.7 Å². The zero-order chi connectivity index (χ0) is 16.5. The van der Waals surface area contributed by atoms with Gasteiger partial charge in [-0.25, -0.2) is 0 Å². The van der Waals surface area contributed by atoms with E-state index >= 15 is 0 Å². The van der Waals surface area contributed by atoms with Gasteiger partial charge in [0.15, 0.2) is 0 Å². The fraction of sp³-hybridized carbons (Fsp3) is 0.300. The molecule has 0 saturated carbocycles. The van der Waals surface area contributed by atoms with Gasteiger partial charge in [-0.3, -0.25) is 0 Å². The van der Waals surface area contributed by atoms with Crippen molar-refractivity contribution in [2.24, 2.45) is 0 Å². The van der Waals surface area contributed by atoms with Crippen molar-refractivity contribution in [3.8, 4) is 11.5 Å². The molecule has 0 N–H and O–H groups in total. The van der Waals surface area contributed by atoms with Crippen LogP contribution in [-0.4, -0.2) is 26.4 Å². The smallest absolute Gasteiger partial charge is 0.125 e. The van der Waals surface area contributed by atoms with Crippen LogP contribution in [-0.2, 0) is 22.7 Å². The van der Waals surface area contributed by atoms with Crippen molar-refractivity contribution >= 4 is 0 Å². The lowest BCUT2D eigenvalue weighted by Gasteiger charge is -2.14. The van der Waals surface area contributed by atoms with Gasteiger partial charge in [0.25, 0.3) is 0 Å². The van der Waals surface area contributed by atoms with Crippen LogP contribution < -0.4 is 9.47 Å². The molecule has 0 unspecified atom stereocenters. The summed E-state index contributed by atoms with van der Waals surface area (Å²) in [5.74, 6) is 1.68. The minimum Gasteiger partial charge on any atom is -0.490 e. The number of hydrogen-bond donors (Lipinski definition) is 0. The largest absolute Gasteiger partial charge is 0.490 e. The predicted molar refractivity (Wildman–Crippen MR) is 92.3 cm³/mol. The van der Waals surface area contributed by atoms with E-state index < -0.39 is 0 Å². The Hall–Kier alpha value is -2.30. The first kappa shape index (κ1) is 16.6. The van der Waals surface area contributed by atoms with Crippen LogP contribution in [0.4, 0.5) is 0 Å². The van der Waals surface area contributed by atoms with Gasteiger partial charge < -0.3 is 18.9 Å². The average Bonchev–Trinajstić information content (AvgIpc) is 2.62. The third kappa shape index (κ3) is 4.85. The monoisotopic (exact) mass is 326 g/mol. The van der Waals surface area contributed by atoms with Crippen molar-refractivity contribution in [1.82, 2.24) is 0 Å². The standard InChI is InChI=1S/C20H22O4/c1-3-9-19-17(7-1)15-21-11-5-6-12-22-16-18-8-2-4-10-20(18)24-14-13-23-19/h1-10H,11-16H2/b6-5+. The topological polar surface area (TPSA) is 36.9 Å². The number of hydrogen-bond acceptors (Lipinski definition) is 4. The number of para-hydroxylation sites is 2. The highest BCUT2D eigenvalue weighted by molar-refractivity contribution is 5.33. The summed E-state index contributed by atoms with van der Waals surface area (Å²) in [6.07, 6.45) is 3.94. The molecular formula is C20H22O4. The molecule has 0 atom stereocenters. The van der Waals surface area contributed by atoms with Crippen LogP contribution >= 0.6 is 0 Å². The number of ether oxygens (including phenoxy) is 4. The summed E-state index contributed by atoms with van der Waals surface area (Å²) >= 11 is 0. The Kier molecular flexibility index (Phi) is 6.28. The van der Waals surface area contributed by atoms with Crippen LogP contribution in [0.25, 0.3) is 0 Å². The highest BCUT2D eigenvalue weighted by atomic mass is 16.5. The fourth-order valence-corrected chi connectivity index (χ4v) is 2.44. The van der Waals surface area contributed by atoms with Gasteiger partial charge in [-0.05, 0) is 12.1 Å². The van der Waals surface area contributed by atoms with Gasteiger partial charge in [0.05, 0.1) is 26.4 Å². The zero-order valence-corrected chi connectivity index (χ0v) is 13.6. The molecule has 2 aromatic rings. The molecule has 0 fully saturated rings. The molecule has 4 nitrogen and oxygen atoms in total. The third-order valence-electron chi connectivity index (χ3n) is 3.65. The Morgan fingerprint density at radius 1 is 0.583 bits per heavy atom. The lowest BCUT2D eigenvalue weighted by Crippen LogP contribution is -2.11. The molecule has 0 radical (unpaired) electrons. The van der Waals surface area contributed by atoms with Crippen molar-refractivity contribution in [1.29, 1.82) is 0 Å². The second-order valence-electron chi connectivity index (χ2n) is 5.41. The molecule has 0 aliphatic carbocycles. The highest BCUT2D eigenvalue weighted by Crippen LogP contribution is 2.21. The van der Waals surface area contributed by atoms with Crippen molar-refractivity contribution in [3.05, 3.63) is 71.8 Å². The van der Waals surface area contributed by atoms with Crippen LogP contribution in [0, 0.1) is 0 Å². The van der Waals surface area contributed by atoms with Crippen molar-refractivity contribution < 1.29 is 18.9 Å². The summed E-state index contributed by atoms with van der Waals surface area (Å²) in [4.78, 5) is 0. The second-order valence-corrected chi connectivity index (χ2v) is 5.41. The van der Waals surface area contributed by atoms with E-state index in [2.05, 4.69) is 0 Å². The second kappa shape index (κ2) is 9.11. The van der Waals surface area contributed by atoms with Gasteiger partial charge in [0.2, 0.25) is 0 Å². The van der Waals surface area contributed by atoms with Crippen molar-refractivity contribution in [3.63, 3.8) is 0 Å². The maximum atomic E-state index is 5.85. The van der Waals surface area contributed by atoms with Crippen LogP contribution in [0.5, 0.6) is 11.5 Å². The number of fused-ring (bicyclic) bond motifs is 2. The summed E-state index contributed by atoms with van der Waals surface area (Å²) in [6.45, 7) is 3.10. The van der Waals surface area contributed by atoms with Crippen molar-refractivity contribution in [2.45, 2.75) is 13.2 Å². The maximum Gasteiger partial charge on any atom is 0.125 e. The number of benzene rings is 2. The van der Waals surface area contributed by atoms with Crippen LogP contribution in [0.15, 0.2) is 60.7 Å². The predicted octanol–water partition coefficient (Wildman–Crippen LogP) is 3.75. The number of rotatable bonds is 0. The molecule has 24 heavy (non-hydrogen) atoms. The first-order chi connectivity index (χ1) is 11.9. The Bertz CT molecular complexity index is 609. The van der Waals surface area contributed by atoms with Gasteiger partial charge in [0, 0.05) is 11.1 Å². The van der Waals surface area contributed by atoms with E-state index in [4.69, 9.17) is 18.9 Å². The Balaban J connectivity index is 1.70. The van der Waals surface area contributed by atoms with Crippen LogP contribution in [0.2, 0.25) is 0 Å². The van der Waals surface area contributed by atoms with Gasteiger partial charge in [-0.15, -0.1) is 0 Å². The molecule has 0 bridgehead atoms. The van der Waals surface area contributed by atoms with Crippen molar-refractivity contribution in [2.75, 3.05) is 26.4 Å². The summed E-state index contributed by atoms with van der Waals surface area (Å²) < 4.78 is 23.0. The Morgan fingerprint density at radius 3 is 1.54 bits per heavy atom. The molecule has 0 spiro atoms. The lowest BCUT2D eigenvalue weighted by atomic mass is 10.2. The molecular weight excluding hydrogens is 304 g/mol. The summed E-state index contributed by atoms with van der Waals surface area (Å²) in [7, 11) is 0. The Labute approximate surface area is 142 Å². The van der Waals surface area contributed by atoms with Gasteiger partial charge >= 0.3 is 0 Å². The van der Waals surface area contributed by atoms with Gasteiger partial charge in [-0.2, -0.15) is 0 Å². The summed E-state index contributed by atoms with van der Waals surface area (Å²) in [5, 5.41) is 0. The first-order valence-electron chi connectivity index (χ1n) is 8.15. The molecule has 2 aromatic carbocycles. The van der Waals surface area contributed by atoms with E-state index in [1.54, 1.807) is 0 Å². The summed E-state index contributed by atoms with van der Waals surface area (Å²) in [6, 6.07) is 15.8. The molecule has 1 aliphatic heterocycles. The normalized spacial score (nSPS) is 17.7. The van der Waals surface area contributed by atoms with Crippen LogP contribution in [0.3, 0.4) is 0 Å². The van der Waals surface area contributed by atoms with E-state index in [-0.39, 0.29) is 0 Å². The van der Waals surface area contributed by atoms with E-state index in [0.29, 0.717) is 39.6 Å². The molecule has 0 saturated heterocycles. The van der Waals surface area contributed by atoms with E-state index in [9.17, 15) is 0 Å². The van der Waals surface area contributed by atoms with E-state index in [0.717, 1.165) is 22.6 Å². The Morgan fingerprint density at radius 2 is 1.04 bits per heavy atom. The summed E-state index contributed by atoms with van der Waals surface area (Å²) in [5.41, 5.74) is 2.07. The molecule has 0 amide bonds. The molecule has 1 heterocycles. The van der Waals surface area contributed by atoms with E-state index in [1.165, 1.54) is 0 Å². The minimum absolute atomic E-state index is 0.478. The highest BCUT2D eigenvalue weighted by Gasteiger charge is 2.06. The maximum absolute atomic E-state index is 5.85. The first-order valence-corrected chi connectivity index (χ1v) is 8.15. The molecule has 1 aliphatic rings. The SMILES string of the molecule is C1=C/COCc2ccccc2OCCOc2ccccc2COC/1. The molecule has 0 aromatic heterocycles. The molecule has 4 heteroatoms.